The zero-order valence-electron chi connectivity index (χ0n) is 15.9. The van der Waals surface area contributed by atoms with Crippen molar-refractivity contribution in [1.29, 1.82) is 0 Å². The van der Waals surface area contributed by atoms with Crippen molar-refractivity contribution in [1.82, 2.24) is 0 Å². The summed E-state index contributed by atoms with van der Waals surface area (Å²) in [6.07, 6.45) is -0.772. The maximum absolute atomic E-state index is 11.9. The van der Waals surface area contributed by atoms with Crippen LogP contribution in [0.15, 0.2) is 4.99 Å². The summed E-state index contributed by atoms with van der Waals surface area (Å²) in [5.41, 5.74) is 0. The minimum Gasteiger partial charge on any atom is -0.470 e. The maximum atomic E-state index is 11.9. The molecule has 0 radical (unpaired) electrons. The monoisotopic (exact) mass is 431 g/mol. The molecule has 1 heterocycles. The second-order valence-corrected chi connectivity index (χ2v) is 14.7. The zero-order valence-corrected chi connectivity index (χ0v) is 19.1. The predicted molar refractivity (Wildman–Crippen MR) is 105 cm³/mol. The number of ether oxygens (including phenoxy) is 2. The molecule has 0 saturated heterocycles. The third-order valence-electron chi connectivity index (χ3n) is 4.58. The van der Waals surface area contributed by atoms with Crippen LogP contribution >= 0.6 is 34.8 Å². The van der Waals surface area contributed by atoms with E-state index in [-0.39, 0.29) is 29.4 Å². The lowest BCUT2D eigenvalue weighted by Gasteiger charge is -2.40. The number of nitrogens with zero attached hydrogens (tertiary/aromatic N) is 1. The summed E-state index contributed by atoms with van der Waals surface area (Å²) in [5.74, 6) is -0.377. The normalized spacial score (nSPS) is 23.0. The fourth-order valence-corrected chi connectivity index (χ4v) is 3.97. The average Bonchev–Trinajstić information content (AvgIpc) is 2.80. The van der Waals surface area contributed by atoms with E-state index in [1.54, 1.807) is 6.92 Å². The van der Waals surface area contributed by atoms with Gasteiger partial charge in [0.25, 0.3) is 3.79 Å². The largest absolute Gasteiger partial charge is 0.470 e. The SMILES string of the molecule is CCOC(=O)C[C@H]1N=C(C(Cl)(Cl)Cl)O[C@H]1[C@@H](C)O[Si](C)(C)C(C)(C)C. The van der Waals surface area contributed by atoms with Crippen LogP contribution in [0.5, 0.6) is 0 Å². The van der Waals surface area contributed by atoms with Gasteiger partial charge in [0.05, 0.1) is 19.1 Å². The first-order valence-corrected chi connectivity index (χ1v) is 12.4. The number of carbonyl (C=O) groups is 1. The number of halogens is 3. The first-order valence-electron chi connectivity index (χ1n) is 8.34. The zero-order chi connectivity index (χ0) is 19.6. The Hall–Kier alpha value is -0.0131. The van der Waals surface area contributed by atoms with Gasteiger partial charge in [0, 0.05) is 0 Å². The number of rotatable bonds is 6. The molecule has 3 atom stereocenters. The van der Waals surface area contributed by atoms with Gasteiger partial charge in [-0.2, -0.15) is 0 Å². The number of hydrogen-bond donors (Lipinski definition) is 0. The van der Waals surface area contributed by atoms with E-state index in [9.17, 15) is 4.79 Å². The van der Waals surface area contributed by atoms with Gasteiger partial charge >= 0.3 is 5.97 Å². The molecular formula is C16H28Cl3NO4Si. The molecule has 1 aliphatic heterocycles. The van der Waals surface area contributed by atoms with E-state index in [4.69, 9.17) is 48.7 Å². The molecule has 25 heavy (non-hydrogen) atoms. The van der Waals surface area contributed by atoms with Crippen molar-refractivity contribution >= 4 is 55.0 Å². The van der Waals surface area contributed by atoms with E-state index < -0.39 is 24.3 Å². The third-order valence-corrected chi connectivity index (χ3v) is 9.64. The van der Waals surface area contributed by atoms with Gasteiger partial charge in [-0.1, -0.05) is 55.6 Å². The highest BCUT2D eigenvalue weighted by Crippen LogP contribution is 2.40. The van der Waals surface area contributed by atoms with Crippen molar-refractivity contribution in [2.75, 3.05) is 6.61 Å². The molecule has 0 aromatic carbocycles. The fourth-order valence-electron chi connectivity index (χ4n) is 2.27. The molecule has 0 fully saturated rings. The van der Waals surface area contributed by atoms with Gasteiger partial charge in [-0.05, 0) is 32.0 Å². The van der Waals surface area contributed by atoms with Gasteiger partial charge in [-0.15, -0.1) is 0 Å². The number of carbonyl (C=O) groups excluding carboxylic acids is 1. The van der Waals surface area contributed by atoms with Crippen LogP contribution in [0.1, 0.15) is 41.0 Å². The number of alkyl halides is 3. The summed E-state index contributed by atoms with van der Waals surface area (Å²) in [6, 6.07) is -0.510. The Labute approximate surface area is 166 Å². The minimum atomic E-state index is -2.03. The lowest BCUT2D eigenvalue weighted by atomic mass is 10.0. The smallest absolute Gasteiger partial charge is 0.308 e. The van der Waals surface area contributed by atoms with Gasteiger partial charge in [-0.3, -0.25) is 4.79 Å². The van der Waals surface area contributed by atoms with Gasteiger partial charge < -0.3 is 13.9 Å². The number of aliphatic imine (C=N–C) groups is 1. The molecule has 0 saturated carbocycles. The minimum absolute atomic E-state index is 0.0116. The Morgan fingerprint density at radius 3 is 2.32 bits per heavy atom. The molecule has 0 N–H and O–H groups in total. The molecule has 0 aromatic heterocycles. The van der Waals surface area contributed by atoms with E-state index >= 15 is 0 Å². The fraction of sp³-hybridized carbons (Fsp3) is 0.875. The topological polar surface area (TPSA) is 57.1 Å². The first-order chi connectivity index (χ1) is 11.2. The number of esters is 1. The summed E-state index contributed by atoms with van der Waals surface area (Å²) in [5, 5.41) is 0.0371. The van der Waals surface area contributed by atoms with Crippen molar-refractivity contribution in [2.24, 2.45) is 4.99 Å². The van der Waals surface area contributed by atoms with E-state index in [0.717, 1.165) is 0 Å². The molecule has 0 amide bonds. The Kier molecular flexibility index (Phi) is 7.68. The highest BCUT2D eigenvalue weighted by Gasteiger charge is 2.47. The molecule has 146 valence electrons. The molecule has 1 aliphatic rings. The van der Waals surface area contributed by atoms with Crippen LogP contribution in [0.25, 0.3) is 0 Å². The van der Waals surface area contributed by atoms with Crippen LogP contribution in [0.3, 0.4) is 0 Å². The Balaban J connectivity index is 2.96. The molecule has 0 spiro atoms. The van der Waals surface area contributed by atoms with E-state index in [2.05, 4.69) is 38.9 Å². The summed E-state index contributed by atoms with van der Waals surface area (Å²) >= 11 is 17.7. The predicted octanol–water partition coefficient (Wildman–Crippen LogP) is 4.89. The van der Waals surface area contributed by atoms with Crippen LogP contribution in [0, 0.1) is 0 Å². The van der Waals surface area contributed by atoms with Crippen LogP contribution in [0.4, 0.5) is 0 Å². The van der Waals surface area contributed by atoms with Crippen LogP contribution in [-0.4, -0.2) is 48.8 Å². The molecule has 0 bridgehead atoms. The van der Waals surface area contributed by atoms with Gasteiger partial charge in [0.15, 0.2) is 8.32 Å². The molecule has 0 unspecified atom stereocenters. The highest BCUT2D eigenvalue weighted by atomic mass is 35.6. The Morgan fingerprint density at radius 2 is 1.88 bits per heavy atom. The van der Waals surface area contributed by atoms with Gasteiger partial charge in [-0.25, -0.2) is 4.99 Å². The molecule has 0 aromatic rings. The summed E-state index contributed by atoms with van der Waals surface area (Å²) in [4.78, 5) is 16.2. The first kappa shape index (κ1) is 23.0. The third kappa shape index (κ3) is 6.28. The van der Waals surface area contributed by atoms with Crippen molar-refractivity contribution < 1.29 is 18.7 Å². The standard InChI is InChI=1S/C16H28Cl3NO4Si/c1-8-22-12(21)9-11-13(23-14(20-11)16(17,18)19)10(2)24-25(6,7)15(3,4)5/h10-11,13H,8-9H2,1-7H3/t10-,11-,13+/m1/s1. The van der Waals surface area contributed by atoms with E-state index in [1.165, 1.54) is 0 Å². The molecule has 5 nitrogen and oxygen atoms in total. The second-order valence-electron chi connectivity index (χ2n) is 7.67. The van der Waals surface area contributed by atoms with Crippen LogP contribution < -0.4 is 0 Å². The Morgan fingerprint density at radius 1 is 1.32 bits per heavy atom. The average molecular weight is 433 g/mol. The van der Waals surface area contributed by atoms with Gasteiger partial charge in [0.2, 0.25) is 5.90 Å². The quantitative estimate of drug-likeness (QED) is 0.341. The summed E-state index contributed by atoms with van der Waals surface area (Å²) in [6.45, 7) is 14.7. The lowest BCUT2D eigenvalue weighted by Crippen LogP contribution is -2.48. The second kappa shape index (κ2) is 8.34. The van der Waals surface area contributed by atoms with Crippen molar-refractivity contribution in [3.8, 4) is 0 Å². The Bertz CT molecular complexity index is 514. The van der Waals surface area contributed by atoms with Gasteiger partial charge in [0.1, 0.15) is 12.1 Å². The highest BCUT2D eigenvalue weighted by molar-refractivity contribution is 6.76. The molecular weight excluding hydrogens is 405 g/mol. The molecule has 9 heteroatoms. The summed E-state index contributed by atoms with van der Waals surface area (Å²) in [7, 11) is -2.03. The summed E-state index contributed by atoms with van der Waals surface area (Å²) < 4.78 is 15.4. The van der Waals surface area contributed by atoms with E-state index in [1.807, 2.05) is 6.92 Å². The maximum Gasteiger partial charge on any atom is 0.308 e. The lowest BCUT2D eigenvalue weighted by molar-refractivity contribution is -0.144. The van der Waals surface area contributed by atoms with Crippen molar-refractivity contribution in [3.63, 3.8) is 0 Å². The van der Waals surface area contributed by atoms with Crippen LogP contribution in [0.2, 0.25) is 18.1 Å². The molecule has 1 rings (SSSR count). The van der Waals surface area contributed by atoms with E-state index in [0.29, 0.717) is 6.61 Å². The van der Waals surface area contributed by atoms with Crippen molar-refractivity contribution in [2.45, 2.75) is 81.2 Å². The molecule has 0 aliphatic carbocycles. The number of hydrogen-bond acceptors (Lipinski definition) is 5. The van der Waals surface area contributed by atoms with Crippen molar-refractivity contribution in [3.05, 3.63) is 0 Å². The van der Waals surface area contributed by atoms with Crippen LogP contribution in [-0.2, 0) is 18.7 Å².